The molecule has 3 atom stereocenters. The second-order valence-corrected chi connectivity index (χ2v) is 10.8. The predicted molar refractivity (Wildman–Crippen MR) is 119 cm³/mol. The molecule has 3 N–H and O–H groups in total. The highest BCUT2D eigenvalue weighted by molar-refractivity contribution is 7.99. The molecule has 5 heterocycles. The molecule has 9 nitrogen and oxygen atoms in total. The minimum absolute atomic E-state index is 0.00650. The number of rotatable bonds is 5. The van der Waals surface area contributed by atoms with E-state index in [0.29, 0.717) is 24.9 Å². The van der Waals surface area contributed by atoms with Crippen molar-refractivity contribution in [2.24, 2.45) is 5.92 Å². The fourth-order valence-corrected chi connectivity index (χ4v) is 7.14. The van der Waals surface area contributed by atoms with Gasteiger partial charge in [0.25, 0.3) is 0 Å². The number of anilines is 1. The summed E-state index contributed by atoms with van der Waals surface area (Å²) >= 11 is 3.31. The van der Waals surface area contributed by atoms with Crippen molar-refractivity contribution in [3.63, 3.8) is 0 Å². The van der Waals surface area contributed by atoms with Crippen molar-refractivity contribution in [1.29, 1.82) is 0 Å². The molecule has 2 aromatic rings. The van der Waals surface area contributed by atoms with Crippen LogP contribution in [0.1, 0.15) is 48.4 Å². The number of fused-ring (bicyclic) bond motifs is 8. The molecular weight excluding hydrogens is 434 g/mol. The lowest BCUT2D eigenvalue weighted by atomic mass is 9.87. The van der Waals surface area contributed by atoms with Gasteiger partial charge in [-0.2, -0.15) is 0 Å². The number of carbonyl (C=O) groups excluding carboxylic acids is 1. The minimum atomic E-state index is 0.00650. The first kappa shape index (κ1) is 20.0. The summed E-state index contributed by atoms with van der Waals surface area (Å²) in [6.07, 6.45) is 5.85. The number of thiophene rings is 1. The standard InChI is InChI=1S/C20H27N7O2S2/c1-11-4-5-14-13(7-11)16-17-22-10-23-27(17)19-24-25-20(26(19)18(16)31-14)30-9-15(28)21-8-12-3-2-6-29-12/h11-12,17,22-23H,2-10H2,1H3,(H,21,28)/t11-,12-,17?/m0/s1. The predicted octanol–water partition coefficient (Wildman–Crippen LogP) is 1.72. The van der Waals surface area contributed by atoms with Gasteiger partial charge in [0.2, 0.25) is 11.9 Å². The average Bonchev–Trinajstić information content (AvgIpc) is 3.55. The second kappa shape index (κ2) is 8.04. The van der Waals surface area contributed by atoms with Crippen molar-refractivity contribution in [2.75, 3.05) is 30.6 Å². The van der Waals surface area contributed by atoms with E-state index in [0.717, 1.165) is 43.4 Å². The average molecular weight is 462 g/mol. The van der Waals surface area contributed by atoms with Crippen molar-refractivity contribution in [1.82, 2.24) is 30.8 Å². The van der Waals surface area contributed by atoms with E-state index in [1.54, 1.807) is 0 Å². The molecule has 11 heteroatoms. The molecule has 31 heavy (non-hydrogen) atoms. The highest BCUT2D eigenvalue weighted by Gasteiger charge is 2.42. The minimum Gasteiger partial charge on any atom is -0.376 e. The van der Waals surface area contributed by atoms with Gasteiger partial charge < -0.3 is 10.1 Å². The van der Waals surface area contributed by atoms with Crippen LogP contribution in [-0.4, -0.2) is 52.3 Å². The van der Waals surface area contributed by atoms with Crippen LogP contribution in [0.25, 0.3) is 5.00 Å². The van der Waals surface area contributed by atoms with Gasteiger partial charge in [-0.05, 0) is 43.6 Å². The highest BCUT2D eigenvalue weighted by atomic mass is 32.2. The molecule has 2 fully saturated rings. The van der Waals surface area contributed by atoms with Gasteiger partial charge in [-0.1, -0.05) is 18.7 Å². The molecule has 3 aliphatic heterocycles. The number of aromatic nitrogens is 3. The van der Waals surface area contributed by atoms with E-state index in [2.05, 4.69) is 42.8 Å². The first-order valence-corrected chi connectivity index (χ1v) is 12.9. The van der Waals surface area contributed by atoms with Crippen LogP contribution in [0, 0.1) is 5.92 Å². The Morgan fingerprint density at radius 1 is 1.39 bits per heavy atom. The summed E-state index contributed by atoms with van der Waals surface area (Å²) in [5, 5.41) is 19.6. The van der Waals surface area contributed by atoms with Crippen LogP contribution in [0.15, 0.2) is 5.16 Å². The van der Waals surface area contributed by atoms with E-state index >= 15 is 0 Å². The van der Waals surface area contributed by atoms with Gasteiger partial charge in [0.15, 0.2) is 5.16 Å². The third kappa shape index (κ3) is 3.46. The quantitative estimate of drug-likeness (QED) is 0.580. The summed E-state index contributed by atoms with van der Waals surface area (Å²) in [6, 6.07) is 0. The summed E-state index contributed by atoms with van der Waals surface area (Å²) in [7, 11) is 0. The Hall–Kier alpha value is -1.66. The Morgan fingerprint density at radius 2 is 2.32 bits per heavy atom. The monoisotopic (exact) mass is 461 g/mol. The number of hydrogen-bond donors (Lipinski definition) is 3. The molecule has 1 aliphatic carbocycles. The van der Waals surface area contributed by atoms with Crippen LogP contribution in [0.5, 0.6) is 0 Å². The lowest BCUT2D eigenvalue weighted by molar-refractivity contribution is -0.119. The van der Waals surface area contributed by atoms with E-state index in [-0.39, 0.29) is 18.2 Å². The molecule has 1 unspecified atom stereocenters. The van der Waals surface area contributed by atoms with Crippen molar-refractivity contribution < 1.29 is 9.53 Å². The van der Waals surface area contributed by atoms with Crippen molar-refractivity contribution in [3.05, 3.63) is 16.0 Å². The van der Waals surface area contributed by atoms with Gasteiger partial charge >= 0.3 is 0 Å². The molecule has 0 spiro atoms. The van der Waals surface area contributed by atoms with Crippen molar-refractivity contribution in [3.8, 4) is 5.00 Å². The maximum atomic E-state index is 12.4. The summed E-state index contributed by atoms with van der Waals surface area (Å²) in [5.74, 6) is 1.82. The number of thioether (sulfide) groups is 1. The lowest BCUT2D eigenvalue weighted by Gasteiger charge is -2.31. The zero-order chi connectivity index (χ0) is 20.9. The molecule has 166 valence electrons. The third-order valence-corrected chi connectivity index (χ3v) is 8.75. The van der Waals surface area contributed by atoms with Gasteiger partial charge in [0.1, 0.15) is 11.2 Å². The molecule has 2 aromatic heterocycles. The fraction of sp³-hybridized carbons (Fsp3) is 0.650. The van der Waals surface area contributed by atoms with Gasteiger partial charge in [-0.15, -0.1) is 21.5 Å². The number of hydrogen-bond acceptors (Lipinski definition) is 9. The van der Waals surface area contributed by atoms with Crippen LogP contribution in [-0.2, 0) is 22.4 Å². The van der Waals surface area contributed by atoms with E-state index in [1.807, 2.05) is 11.3 Å². The Balaban J connectivity index is 1.26. The number of aryl methyl sites for hydroxylation is 1. The van der Waals surface area contributed by atoms with E-state index < -0.39 is 0 Å². The fourth-order valence-electron chi connectivity index (χ4n) is 4.95. The molecule has 1 amide bonds. The molecule has 4 aliphatic rings. The Labute approximate surface area is 189 Å². The Bertz CT molecular complexity index is 1000. The maximum absolute atomic E-state index is 12.4. The topological polar surface area (TPSA) is 96.3 Å². The van der Waals surface area contributed by atoms with Crippen molar-refractivity contribution >= 4 is 35.0 Å². The number of nitrogens with one attached hydrogen (secondary N) is 3. The second-order valence-electron chi connectivity index (χ2n) is 8.73. The number of hydrazine groups is 1. The molecule has 0 radical (unpaired) electrons. The SMILES string of the molecule is C[C@H]1CCc2sc3c(c2C1)C1NCNN1c1nnc(SCC(=O)NC[C@@H]2CCCO2)n1-3. The zero-order valence-corrected chi connectivity index (χ0v) is 19.2. The third-order valence-electron chi connectivity index (χ3n) is 6.52. The molecule has 0 aromatic carbocycles. The molecule has 0 saturated carbocycles. The number of ether oxygens (including phenoxy) is 1. The van der Waals surface area contributed by atoms with E-state index in [1.165, 1.54) is 39.2 Å². The summed E-state index contributed by atoms with van der Waals surface area (Å²) < 4.78 is 7.73. The molecule has 6 rings (SSSR count). The number of nitrogens with zero attached hydrogens (tertiary/aromatic N) is 4. The molecule has 2 saturated heterocycles. The zero-order valence-electron chi connectivity index (χ0n) is 17.5. The number of carbonyl (C=O) groups is 1. The smallest absolute Gasteiger partial charge is 0.249 e. The van der Waals surface area contributed by atoms with E-state index in [4.69, 9.17) is 4.74 Å². The van der Waals surface area contributed by atoms with Gasteiger partial charge in [-0.25, -0.2) is 9.99 Å². The highest BCUT2D eigenvalue weighted by Crippen LogP contribution is 2.48. The normalized spacial score (nSPS) is 26.4. The van der Waals surface area contributed by atoms with Crippen LogP contribution in [0.4, 0.5) is 5.95 Å². The van der Waals surface area contributed by atoms with Crippen LogP contribution in [0.2, 0.25) is 0 Å². The maximum Gasteiger partial charge on any atom is 0.249 e. The Kier molecular flexibility index (Phi) is 5.18. The summed E-state index contributed by atoms with van der Waals surface area (Å²) in [6.45, 7) is 4.43. The lowest BCUT2D eigenvalue weighted by Crippen LogP contribution is -2.39. The van der Waals surface area contributed by atoms with Gasteiger partial charge in [0, 0.05) is 23.6 Å². The largest absolute Gasteiger partial charge is 0.376 e. The van der Waals surface area contributed by atoms with E-state index in [9.17, 15) is 4.79 Å². The van der Waals surface area contributed by atoms with Gasteiger partial charge in [0.05, 0.1) is 18.5 Å². The summed E-state index contributed by atoms with van der Waals surface area (Å²) in [4.78, 5) is 13.9. The van der Waals surface area contributed by atoms with Crippen LogP contribution < -0.4 is 21.1 Å². The summed E-state index contributed by atoms with van der Waals surface area (Å²) in [5.41, 5.74) is 6.24. The van der Waals surface area contributed by atoms with Gasteiger partial charge in [-0.3, -0.25) is 15.1 Å². The van der Waals surface area contributed by atoms with Crippen LogP contribution in [0.3, 0.4) is 0 Å². The Morgan fingerprint density at radius 3 is 3.19 bits per heavy atom. The number of amides is 1. The van der Waals surface area contributed by atoms with Crippen molar-refractivity contribution in [2.45, 2.75) is 56.5 Å². The first-order chi connectivity index (χ1) is 15.2. The van der Waals surface area contributed by atoms with Crippen LogP contribution >= 0.6 is 23.1 Å². The molecule has 0 bridgehead atoms. The first-order valence-electron chi connectivity index (χ1n) is 11.1. The molecular formula is C20H27N7O2S2.